The van der Waals surface area contributed by atoms with Gasteiger partial charge in [0.25, 0.3) is 0 Å². The standard InChI is InChI=1S/C26H22FNO5.C2H6/c1-31-19-11-12-22(27)21(15-19)26-25(18-7-3-2-4-8-18)23(28-33-26)16-32-20-9-5-6-17(14-20)10-13-24(29)30;1-2/h2-9,11-12,14-15H,10,13,16H2,1H3,(H,29,30);1-2H3. The van der Waals surface area contributed by atoms with Gasteiger partial charge in [-0.3, -0.25) is 4.79 Å². The SMILES string of the molecule is CC.COc1ccc(F)c(-c2onc(COc3cccc(CCC(=O)O)c3)c2-c2ccccc2)c1. The minimum absolute atomic E-state index is 0.0420. The maximum absolute atomic E-state index is 14.7. The van der Waals surface area contributed by atoms with E-state index in [4.69, 9.17) is 19.1 Å². The third-order valence-electron chi connectivity index (χ3n) is 5.14. The van der Waals surface area contributed by atoms with Gasteiger partial charge in [-0.2, -0.15) is 0 Å². The van der Waals surface area contributed by atoms with Crippen LogP contribution in [-0.4, -0.2) is 23.3 Å². The molecule has 0 aliphatic heterocycles. The molecule has 1 aromatic heterocycles. The highest BCUT2D eigenvalue weighted by Crippen LogP contribution is 2.38. The third-order valence-corrected chi connectivity index (χ3v) is 5.14. The maximum atomic E-state index is 14.7. The zero-order valence-electron chi connectivity index (χ0n) is 20.0. The fourth-order valence-electron chi connectivity index (χ4n) is 3.51. The molecule has 0 saturated carbocycles. The van der Waals surface area contributed by atoms with E-state index in [1.165, 1.54) is 13.2 Å². The number of nitrogens with zero attached hydrogens (tertiary/aromatic N) is 1. The van der Waals surface area contributed by atoms with Gasteiger partial charge >= 0.3 is 5.97 Å². The topological polar surface area (TPSA) is 81.8 Å². The Morgan fingerprint density at radius 3 is 2.49 bits per heavy atom. The molecule has 0 unspecified atom stereocenters. The Balaban J connectivity index is 0.00000167. The average Bonchev–Trinajstić information content (AvgIpc) is 3.32. The van der Waals surface area contributed by atoms with Gasteiger partial charge in [-0.15, -0.1) is 0 Å². The highest BCUT2D eigenvalue weighted by molar-refractivity contribution is 5.82. The Bertz CT molecular complexity index is 1250. The molecule has 0 aliphatic rings. The monoisotopic (exact) mass is 477 g/mol. The molecule has 0 saturated heterocycles. The van der Waals surface area contributed by atoms with Crippen molar-refractivity contribution < 1.29 is 28.3 Å². The number of aromatic nitrogens is 1. The fourth-order valence-corrected chi connectivity index (χ4v) is 3.51. The van der Waals surface area contributed by atoms with Crippen molar-refractivity contribution in [2.45, 2.75) is 33.3 Å². The second-order valence-electron chi connectivity index (χ2n) is 7.38. The number of carboxylic acid groups (broad SMARTS) is 1. The minimum atomic E-state index is -0.853. The summed E-state index contributed by atoms with van der Waals surface area (Å²) in [6, 6.07) is 21.1. The Kier molecular flexibility index (Phi) is 9.01. The van der Waals surface area contributed by atoms with Crippen molar-refractivity contribution in [3.8, 4) is 33.9 Å². The van der Waals surface area contributed by atoms with E-state index in [1.54, 1.807) is 24.3 Å². The summed E-state index contributed by atoms with van der Waals surface area (Å²) in [5, 5.41) is 13.1. The van der Waals surface area contributed by atoms with Gasteiger partial charge in [0.2, 0.25) is 0 Å². The van der Waals surface area contributed by atoms with E-state index in [-0.39, 0.29) is 24.4 Å². The van der Waals surface area contributed by atoms with E-state index in [0.717, 1.165) is 11.1 Å². The molecule has 0 bridgehead atoms. The zero-order chi connectivity index (χ0) is 25.2. The van der Waals surface area contributed by atoms with Crippen molar-refractivity contribution >= 4 is 5.97 Å². The van der Waals surface area contributed by atoms with Crippen LogP contribution in [0.2, 0.25) is 0 Å². The van der Waals surface area contributed by atoms with Crippen molar-refractivity contribution in [1.82, 2.24) is 5.16 Å². The summed E-state index contributed by atoms with van der Waals surface area (Å²) < 4.78 is 31.5. The number of aliphatic carboxylic acids is 1. The molecular formula is C28H28FNO5. The van der Waals surface area contributed by atoms with Gasteiger partial charge in [0.15, 0.2) is 5.76 Å². The van der Waals surface area contributed by atoms with Crippen LogP contribution in [0.1, 0.15) is 31.5 Å². The first-order valence-corrected chi connectivity index (χ1v) is 11.4. The molecule has 0 spiro atoms. The van der Waals surface area contributed by atoms with Crippen LogP contribution in [0.5, 0.6) is 11.5 Å². The predicted octanol–water partition coefficient (Wildman–Crippen LogP) is 6.78. The van der Waals surface area contributed by atoms with Gasteiger partial charge in [0, 0.05) is 6.42 Å². The van der Waals surface area contributed by atoms with Gasteiger partial charge in [-0.1, -0.05) is 61.5 Å². The molecular weight excluding hydrogens is 449 g/mol. The normalized spacial score (nSPS) is 10.3. The number of ether oxygens (including phenoxy) is 2. The largest absolute Gasteiger partial charge is 0.497 e. The molecule has 7 heteroatoms. The number of methoxy groups -OCH3 is 1. The number of carbonyl (C=O) groups is 1. The Morgan fingerprint density at radius 1 is 1.00 bits per heavy atom. The Morgan fingerprint density at radius 2 is 1.77 bits per heavy atom. The Labute approximate surface area is 203 Å². The first-order valence-electron chi connectivity index (χ1n) is 11.4. The summed E-state index contributed by atoms with van der Waals surface area (Å²) in [7, 11) is 1.51. The summed E-state index contributed by atoms with van der Waals surface area (Å²) in [6.07, 6.45) is 0.450. The quantitative estimate of drug-likeness (QED) is 0.286. The lowest BCUT2D eigenvalue weighted by Gasteiger charge is -2.09. The highest BCUT2D eigenvalue weighted by atomic mass is 19.1. The summed E-state index contributed by atoms with van der Waals surface area (Å²) in [4.78, 5) is 10.8. The first-order chi connectivity index (χ1) is 17.0. The third kappa shape index (κ3) is 6.47. The van der Waals surface area contributed by atoms with Crippen molar-refractivity contribution in [1.29, 1.82) is 0 Å². The number of hydrogen-bond acceptors (Lipinski definition) is 5. The second kappa shape index (κ2) is 12.4. The molecule has 0 aliphatic carbocycles. The number of halogens is 1. The van der Waals surface area contributed by atoms with E-state index < -0.39 is 11.8 Å². The van der Waals surface area contributed by atoms with Crippen LogP contribution in [0.3, 0.4) is 0 Å². The minimum Gasteiger partial charge on any atom is -0.497 e. The lowest BCUT2D eigenvalue weighted by molar-refractivity contribution is -0.136. The lowest BCUT2D eigenvalue weighted by Crippen LogP contribution is -2.00. The van der Waals surface area contributed by atoms with Crippen LogP contribution in [0.25, 0.3) is 22.5 Å². The summed E-state index contributed by atoms with van der Waals surface area (Å²) in [5.74, 6) is 0.0506. The molecule has 1 heterocycles. The van der Waals surface area contributed by atoms with Crippen molar-refractivity contribution in [3.63, 3.8) is 0 Å². The summed E-state index contributed by atoms with van der Waals surface area (Å²) >= 11 is 0. The van der Waals surface area contributed by atoms with Gasteiger partial charge < -0.3 is 19.1 Å². The molecule has 0 atom stereocenters. The van der Waals surface area contributed by atoms with Gasteiger partial charge in [-0.25, -0.2) is 4.39 Å². The van der Waals surface area contributed by atoms with E-state index in [2.05, 4.69) is 5.16 Å². The van der Waals surface area contributed by atoms with Crippen molar-refractivity contribution in [2.24, 2.45) is 0 Å². The molecule has 4 rings (SSSR count). The molecule has 0 radical (unpaired) electrons. The highest BCUT2D eigenvalue weighted by Gasteiger charge is 2.23. The lowest BCUT2D eigenvalue weighted by atomic mass is 9.99. The van der Waals surface area contributed by atoms with Crippen molar-refractivity contribution in [2.75, 3.05) is 7.11 Å². The molecule has 3 aromatic carbocycles. The molecule has 0 amide bonds. The molecule has 35 heavy (non-hydrogen) atoms. The molecule has 4 aromatic rings. The molecule has 6 nitrogen and oxygen atoms in total. The van der Waals surface area contributed by atoms with Crippen LogP contribution < -0.4 is 9.47 Å². The molecule has 1 N–H and O–H groups in total. The van der Waals surface area contributed by atoms with E-state index in [1.807, 2.05) is 56.3 Å². The van der Waals surface area contributed by atoms with E-state index >= 15 is 0 Å². The molecule has 182 valence electrons. The van der Waals surface area contributed by atoms with Crippen LogP contribution in [0, 0.1) is 5.82 Å². The Hall–Kier alpha value is -4.13. The van der Waals surface area contributed by atoms with Crippen LogP contribution in [0.4, 0.5) is 4.39 Å². The predicted molar refractivity (Wildman–Crippen MR) is 132 cm³/mol. The maximum Gasteiger partial charge on any atom is 0.303 e. The smallest absolute Gasteiger partial charge is 0.303 e. The number of carboxylic acids is 1. The molecule has 0 fully saturated rings. The number of aryl methyl sites for hydroxylation is 1. The van der Waals surface area contributed by atoms with Gasteiger partial charge in [0.05, 0.1) is 18.2 Å². The number of rotatable bonds is 9. The van der Waals surface area contributed by atoms with E-state index in [0.29, 0.717) is 29.2 Å². The summed E-state index contributed by atoms with van der Waals surface area (Å²) in [6.45, 7) is 4.09. The van der Waals surface area contributed by atoms with Crippen LogP contribution in [0.15, 0.2) is 77.3 Å². The van der Waals surface area contributed by atoms with Gasteiger partial charge in [0.1, 0.15) is 29.6 Å². The average molecular weight is 478 g/mol. The zero-order valence-corrected chi connectivity index (χ0v) is 20.0. The number of hydrogen-bond donors (Lipinski definition) is 1. The first kappa shape index (κ1) is 25.5. The van der Waals surface area contributed by atoms with E-state index in [9.17, 15) is 9.18 Å². The fraction of sp³-hybridized carbons (Fsp3) is 0.214. The second-order valence-corrected chi connectivity index (χ2v) is 7.38. The van der Waals surface area contributed by atoms with Gasteiger partial charge in [-0.05, 0) is 47.9 Å². The van der Waals surface area contributed by atoms with Crippen LogP contribution in [-0.2, 0) is 17.8 Å². The number of benzene rings is 3. The van der Waals surface area contributed by atoms with Crippen molar-refractivity contribution in [3.05, 3.63) is 89.9 Å². The van der Waals surface area contributed by atoms with Crippen LogP contribution >= 0.6 is 0 Å². The summed E-state index contributed by atoms with van der Waals surface area (Å²) in [5.41, 5.74) is 3.05.